The van der Waals surface area contributed by atoms with E-state index in [0.29, 0.717) is 10.2 Å². The molecule has 0 spiro atoms. The maximum Gasteiger partial charge on any atom is 0.240 e. The van der Waals surface area contributed by atoms with Crippen molar-refractivity contribution in [3.63, 3.8) is 0 Å². The number of aromatic nitrogens is 3. The summed E-state index contributed by atoms with van der Waals surface area (Å²) < 4.78 is 1.88. The Bertz CT molecular complexity index is 1050. The van der Waals surface area contributed by atoms with E-state index in [0.717, 1.165) is 34.6 Å². The molecule has 150 valence electrons. The van der Waals surface area contributed by atoms with Crippen molar-refractivity contribution in [3.05, 3.63) is 70.0 Å². The Labute approximate surface area is 179 Å². The van der Waals surface area contributed by atoms with E-state index < -0.39 is 5.25 Å². The Balaban J connectivity index is 1.67. The first kappa shape index (κ1) is 19.8. The van der Waals surface area contributed by atoms with Crippen LogP contribution in [0, 0.1) is 13.8 Å². The third kappa shape index (κ3) is 3.97. The van der Waals surface area contributed by atoms with Gasteiger partial charge in [0.15, 0.2) is 5.82 Å². The zero-order valence-corrected chi connectivity index (χ0v) is 18.0. The van der Waals surface area contributed by atoms with E-state index in [1.807, 2.05) is 61.8 Å². The van der Waals surface area contributed by atoms with Gasteiger partial charge in [0, 0.05) is 17.1 Å². The summed E-state index contributed by atoms with van der Waals surface area (Å²) in [5, 5.41) is 12.5. The van der Waals surface area contributed by atoms with Crippen LogP contribution in [0.15, 0.2) is 47.6 Å². The summed E-state index contributed by atoms with van der Waals surface area (Å²) in [6, 6.07) is 13.3. The van der Waals surface area contributed by atoms with Crippen molar-refractivity contribution in [2.75, 3.05) is 10.7 Å². The van der Waals surface area contributed by atoms with Gasteiger partial charge in [-0.3, -0.25) is 4.79 Å². The van der Waals surface area contributed by atoms with Gasteiger partial charge in [-0.2, -0.15) is 0 Å². The molecule has 1 aliphatic rings. The number of amides is 1. The van der Waals surface area contributed by atoms with E-state index in [1.165, 1.54) is 11.8 Å². The van der Waals surface area contributed by atoms with Crippen LogP contribution in [0.4, 0.5) is 5.69 Å². The molecule has 0 aliphatic carbocycles. The fraction of sp³-hybridized carbons (Fsp3) is 0.286. The number of halogens is 1. The highest BCUT2D eigenvalue weighted by atomic mass is 35.5. The van der Waals surface area contributed by atoms with Gasteiger partial charge in [-0.1, -0.05) is 60.1 Å². The first-order valence-electron chi connectivity index (χ1n) is 9.47. The van der Waals surface area contributed by atoms with Crippen molar-refractivity contribution in [2.45, 2.75) is 43.6 Å². The molecule has 2 N–H and O–H groups in total. The number of hydrogen-bond acceptors (Lipinski definition) is 5. The van der Waals surface area contributed by atoms with E-state index in [1.54, 1.807) is 0 Å². The van der Waals surface area contributed by atoms with E-state index in [9.17, 15) is 4.79 Å². The van der Waals surface area contributed by atoms with Gasteiger partial charge in [0.1, 0.15) is 5.25 Å². The molecule has 8 heteroatoms. The van der Waals surface area contributed by atoms with Gasteiger partial charge in [-0.25, -0.2) is 4.68 Å². The number of rotatable bonds is 4. The SMILES string of the molecule is CCc1nnc2n1N[C@@H](c1ccc(Cl)cc1)[C@@H](C(=O)Nc1ccc(C)cc1C)S2. The van der Waals surface area contributed by atoms with Crippen LogP contribution in [0.5, 0.6) is 0 Å². The lowest BCUT2D eigenvalue weighted by molar-refractivity contribution is -0.116. The minimum atomic E-state index is -0.418. The average molecular weight is 428 g/mol. The zero-order valence-electron chi connectivity index (χ0n) is 16.4. The van der Waals surface area contributed by atoms with E-state index in [2.05, 4.69) is 27.0 Å². The number of benzene rings is 2. The number of carbonyl (C=O) groups excluding carboxylic acids is 1. The van der Waals surface area contributed by atoms with Crippen LogP contribution in [-0.4, -0.2) is 26.0 Å². The van der Waals surface area contributed by atoms with E-state index in [4.69, 9.17) is 11.6 Å². The maximum atomic E-state index is 13.3. The molecule has 0 radical (unpaired) electrons. The van der Waals surface area contributed by atoms with Gasteiger partial charge in [-0.15, -0.1) is 10.2 Å². The average Bonchev–Trinajstić information content (AvgIpc) is 3.12. The largest absolute Gasteiger partial charge is 0.325 e. The molecule has 4 rings (SSSR count). The maximum absolute atomic E-state index is 13.3. The number of hydrogen-bond donors (Lipinski definition) is 2. The molecule has 1 amide bonds. The molecule has 2 aromatic carbocycles. The Kier molecular flexibility index (Phi) is 5.52. The highest BCUT2D eigenvalue weighted by Gasteiger charge is 2.37. The van der Waals surface area contributed by atoms with Crippen molar-refractivity contribution in [2.24, 2.45) is 0 Å². The molecule has 1 aliphatic heterocycles. The molecule has 0 unspecified atom stereocenters. The van der Waals surface area contributed by atoms with Gasteiger partial charge >= 0.3 is 0 Å². The minimum absolute atomic E-state index is 0.0818. The highest BCUT2D eigenvalue weighted by molar-refractivity contribution is 8.00. The van der Waals surface area contributed by atoms with E-state index in [-0.39, 0.29) is 11.9 Å². The molecule has 0 saturated carbocycles. The van der Waals surface area contributed by atoms with Crippen molar-refractivity contribution in [1.82, 2.24) is 14.9 Å². The minimum Gasteiger partial charge on any atom is -0.325 e. The second-order valence-corrected chi connectivity index (χ2v) is 8.64. The number of thioether (sulfide) groups is 1. The Hall–Kier alpha value is -2.51. The van der Waals surface area contributed by atoms with Crippen LogP contribution < -0.4 is 10.7 Å². The number of nitrogens with zero attached hydrogens (tertiary/aromatic N) is 3. The molecule has 1 aromatic heterocycles. The van der Waals surface area contributed by atoms with Crippen molar-refractivity contribution in [3.8, 4) is 0 Å². The monoisotopic (exact) mass is 427 g/mol. The number of nitrogens with one attached hydrogen (secondary N) is 2. The van der Waals surface area contributed by atoms with Gasteiger partial charge in [0.05, 0.1) is 6.04 Å². The van der Waals surface area contributed by atoms with Crippen LogP contribution in [0.25, 0.3) is 0 Å². The van der Waals surface area contributed by atoms with E-state index >= 15 is 0 Å². The summed E-state index contributed by atoms with van der Waals surface area (Å²) in [6.45, 7) is 6.06. The molecule has 29 heavy (non-hydrogen) atoms. The molecule has 3 aromatic rings. The molecule has 0 bridgehead atoms. The predicted molar refractivity (Wildman–Crippen MR) is 117 cm³/mol. The summed E-state index contributed by atoms with van der Waals surface area (Å²) in [4.78, 5) is 13.3. The number of fused-ring (bicyclic) bond motifs is 1. The predicted octanol–water partition coefficient (Wildman–Crippen LogP) is 4.51. The number of anilines is 1. The lowest BCUT2D eigenvalue weighted by Gasteiger charge is -2.33. The van der Waals surface area contributed by atoms with Crippen molar-refractivity contribution < 1.29 is 4.79 Å². The smallest absolute Gasteiger partial charge is 0.240 e. The normalized spacial score (nSPS) is 18.1. The van der Waals surface area contributed by atoms with Crippen molar-refractivity contribution in [1.29, 1.82) is 0 Å². The van der Waals surface area contributed by atoms with Crippen LogP contribution in [0.3, 0.4) is 0 Å². The molecular formula is C21H22ClN5OS. The summed E-state index contributed by atoms with van der Waals surface area (Å²) in [5.74, 6) is 0.751. The second kappa shape index (κ2) is 8.08. The molecule has 0 fully saturated rings. The van der Waals surface area contributed by atoms with Gasteiger partial charge in [0.2, 0.25) is 11.1 Å². The molecule has 2 heterocycles. The standard InChI is InChI=1S/C21H22ClN5OS/c1-4-17-24-25-21-27(17)26-18(14-6-8-15(22)9-7-14)19(29-21)20(28)23-16-10-5-12(2)11-13(16)3/h5-11,18-19,26H,4H2,1-3H3,(H,23,28)/t18-,19-/m0/s1. The Morgan fingerprint density at radius 3 is 2.66 bits per heavy atom. The summed E-state index contributed by atoms with van der Waals surface area (Å²) in [5.41, 5.74) is 7.43. The highest BCUT2D eigenvalue weighted by Crippen LogP contribution is 2.38. The number of aryl methyl sites for hydroxylation is 3. The van der Waals surface area contributed by atoms with Gasteiger partial charge < -0.3 is 10.7 Å². The van der Waals surface area contributed by atoms with Crippen LogP contribution in [0.2, 0.25) is 5.02 Å². The third-order valence-electron chi connectivity index (χ3n) is 4.95. The van der Waals surface area contributed by atoms with Crippen LogP contribution in [0.1, 0.15) is 35.5 Å². The molecule has 0 saturated heterocycles. The zero-order chi connectivity index (χ0) is 20.5. The number of carbonyl (C=O) groups is 1. The van der Waals surface area contributed by atoms with Crippen LogP contribution >= 0.6 is 23.4 Å². The molecular weight excluding hydrogens is 406 g/mol. The first-order chi connectivity index (χ1) is 14.0. The summed E-state index contributed by atoms with van der Waals surface area (Å²) in [7, 11) is 0. The fourth-order valence-corrected chi connectivity index (χ4v) is 4.63. The van der Waals surface area contributed by atoms with Gasteiger partial charge in [0.25, 0.3) is 0 Å². The fourth-order valence-electron chi connectivity index (χ4n) is 3.41. The second-order valence-electron chi connectivity index (χ2n) is 7.09. The van der Waals surface area contributed by atoms with Crippen LogP contribution in [-0.2, 0) is 11.2 Å². The molecule has 6 nitrogen and oxygen atoms in total. The lowest BCUT2D eigenvalue weighted by Crippen LogP contribution is -2.41. The summed E-state index contributed by atoms with van der Waals surface area (Å²) in [6.07, 6.45) is 0.743. The Morgan fingerprint density at radius 2 is 1.97 bits per heavy atom. The van der Waals surface area contributed by atoms with Gasteiger partial charge in [-0.05, 0) is 43.2 Å². The quantitative estimate of drug-likeness (QED) is 0.641. The lowest BCUT2D eigenvalue weighted by atomic mass is 10.0. The topological polar surface area (TPSA) is 71.8 Å². The molecule has 2 atom stereocenters. The van der Waals surface area contributed by atoms with Crippen molar-refractivity contribution >= 4 is 35.0 Å². The Morgan fingerprint density at radius 1 is 1.21 bits per heavy atom. The first-order valence-corrected chi connectivity index (χ1v) is 10.7. The third-order valence-corrected chi connectivity index (χ3v) is 6.41. The summed E-state index contributed by atoms with van der Waals surface area (Å²) >= 11 is 7.49.